The zero-order valence-electron chi connectivity index (χ0n) is 15.3. The largest absolute Gasteiger partial charge is 0.466 e. The fraction of sp³-hybridized carbons (Fsp3) is 0.600. The van der Waals surface area contributed by atoms with Crippen LogP contribution in [0.2, 0.25) is 0 Å². The van der Waals surface area contributed by atoms with Gasteiger partial charge in [-0.1, -0.05) is 30.3 Å². The van der Waals surface area contributed by atoms with Crippen molar-refractivity contribution in [3.63, 3.8) is 0 Å². The number of nitrogens with zero attached hydrogens (tertiary/aromatic N) is 2. The van der Waals surface area contributed by atoms with Crippen molar-refractivity contribution in [2.45, 2.75) is 32.1 Å². The first-order valence-electron chi connectivity index (χ1n) is 9.40. The normalized spacial score (nSPS) is 24.1. The molecule has 1 aliphatic heterocycles. The zero-order valence-corrected chi connectivity index (χ0v) is 15.3. The van der Waals surface area contributed by atoms with Crippen LogP contribution in [0.25, 0.3) is 0 Å². The van der Waals surface area contributed by atoms with Crippen LogP contribution in [-0.2, 0) is 9.53 Å². The fourth-order valence-corrected chi connectivity index (χ4v) is 3.72. The molecule has 5 nitrogen and oxygen atoms in total. The van der Waals surface area contributed by atoms with Gasteiger partial charge in [-0.05, 0) is 43.6 Å². The Morgan fingerprint density at radius 2 is 2.00 bits per heavy atom. The van der Waals surface area contributed by atoms with Gasteiger partial charge in [0.2, 0.25) is 0 Å². The first kappa shape index (κ1) is 17.8. The van der Waals surface area contributed by atoms with Crippen LogP contribution >= 0.6 is 0 Å². The second-order valence-electron chi connectivity index (χ2n) is 6.95. The summed E-state index contributed by atoms with van der Waals surface area (Å²) < 4.78 is 5.14. The van der Waals surface area contributed by atoms with E-state index in [1.165, 1.54) is 12.0 Å². The number of rotatable bonds is 5. The Morgan fingerprint density at radius 3 is 2.64 bits per heavy atom. The standard InChI is InChI=1S/C20H29N3O2/c1-3-25-19(24)16-9-11-23(12-10-16)20(21-2)22-14-17-13-18(17)15-7-5-4-6-8-15/h4-8,16-18H,3,9-14H2,1-2H3,(H,21,22). The van der Waals surface area contributed by atoms with Crippen molar-refractivity contribution in [1.82, 2.24) is 10.2 Å². The van der Waals surface area contributed by atoms with E-state index in [4.69, 9.17) is 4.74 Å². The second kappa shape index (κ2) is 8.37. The van der Waals surface area contributed by atoms with Gasteiger partial charge in [0.25, 0.3) is 0 Å². The Labute approximate surface area is 150 Å². The molecule has 0 amide bonds. The predicted octanol–water partition coefficient (Wildman–Crippen LogP) is 2.64. The van der Waals surface area contributed by atoms with E-state index in [0.717, 1.165) is 38.4 Å². The number of likely N-dealkylation sites (tertiary alicyclic amines) is 1. The molecule has 1 saturated carbocycles. The molecule has 0 bridgehead atoms. The summed E-state index contributed by atoms with van der Waals surface area (Å²) in [7, 11) is 1.83. The van der Waals surface area contributed by atoms with Gasteiger partial charge in [0.15, 0.2) is 5.96 Å². The number of carbonyl (C=O) groups is 1. The molecule has 0 spiro atoms. The minimum atomic E-state index is -0.0474. The average Bonchev–Trinajstić information content (AvgIpc) is 3.43. The van der Waals surface area contributed by atoms with Gasteiger partial charge in [-0.2, -0.15) is 0 Å². The highest BCUT2D eigenvalue weighted by atomic mass is 16.5. The summed E-state index contributed by atoms with van der Waals surface area (Å²) in [4.78, 5) is 18.5. The van der Waals surface area contributed by atoms with Gasteiger partial charge >= 0.3 is 5.97 Å². The molecule has 1 aromatic carbocycles. The van der Waals surface area contributed by atoms with Crippen molar-refractivity contribution >= 4 is 11.9 Å². The van der Waals surface area contributed by atoms with E-state index in [2.05, 4.69) is 45.5 Å². The number of hydrogen-bond acceptors (Lipinski definition) is 3. The molecule has 136 valence electrons. The van der Waals surface area contributed by atoms with Gasteiger partial charge < -0.3 is 15.0 Å². The predicted molar refractivity (Wildman–Crippen MR) is 99.6 cm³/mol. The highest BCUT2D eigenvalue weighted by Gasteiger charge is 2.38. The van der Waals surface area contributed by atoms with Crippen LogP contribution in [0.3, 0.4) is 0 Å². The van der Waals surface area contributed by atoms with Crippen molar-refractivity contribution < 1.29 is 9.53 Å². The van der Waals surface area contributed by atoms with E-state index in [9.17, 15) is 4.79 Å². The summed E-state index contributed by atoms with van der Waals surface area (Å²) in [5.74, 6) is 2.33. The lowest BCUT2D eigenvalue weighted by atomic mass is 9.97. The molecule has 3 rings (SSSR count). The van der Waals surface area contributed by atoms with E-state index in [0.29, 0.717) is 18.4 Å². The molecule has 5 heteroatoms. The smallest absolute Gasteiger partial charge is 0.309 e. The third kappa shape index (κ3) is 4.53. The Morgan fingerprint density at radius 1 is 1.28 bits per heavy atom. The Bertz CT molecular complexity index is 594. The lowest BCUT2D eigenvalue weighted by Gasteiger charge is -2.33. The summed E-state index contributed by atoms with van der Waals surface area (Å²) in [6, 6.07) is 10.7. The van der Waals surface area contributed by atoms with Gasteiger partial charge in [0.05, 0.1) is 12.5 Å². The number of esters is 1. The maximum Gasteiger partial charge on any atom is 0.309 e. The van der Waals surface area contributed by atoms with Crippen LogP contribution in [0.4, 0.5) is 0 Å². The van der Waals surface area contributed by atoms with E-state index < -0.39 is 0 Å². The number of piperidine rings is 1. The van der Waals surface area contributed by atoms with Gasteiger partial charge in [0.1, 0.15) is 0 Å². The van der Waals surface area contributed by atoms with Crippen molar-refractivity contribution in [2.75, 3.05) is 33.3 Å². The van der Waals surface area contributed by atoms with Crippen LogP contribution in [0.15, 0.2) is 35.3 Å². The average molecular weight is 343 g/mol. The molecule has 25 heavy (non-hydrogen) atoms. The van der Waals surface area contributed by atoms with Crippen molar-refractivity contribution in [2.24, 2.45) is 16.8 Å². The number of carbonyl (C=O) groups excluding carboxylic acids is 1. The molecule has 2 fully saturated rings. The monoisotopic (exact) mass is 343 g/mol. The molecule has 2 atom stereocenters. The van der Waals surface area contributed by atoms with Crippen LogP contribution in [-0.4, -0.2) is 50.1 Å². The molecule has 1 aromatic rings. The van der Waals surface area contributed by atoms with Crippen molar-refractivity contribution in [3.05, 3.63) is 35.9 Å². The Kier molecular flexibility index (Phi) is 5.95. The summed E-state index contributed by atoms with van der Waals surface area (Å²) in [5.41, 5.74) is 1.44. The van der Waals surface area contributed by atoms with E-state index in [1.54, 1.807) is 0 Å². The van der Waals surface area contributed by atoms with Crippen LogP contribution in [0, 0.1) is 11.8 Å². The highest BCUT2D eigenvalue weighted by molar-refractivity contribution is 5.80. The number of guanidine groups is 1. The SMILES string of the molecule is CCOC(=O)C1CCN(C(=NC)NCC2CC2c2ccccc2)CC1. The molecule has 1 heterocycles. The van der Waals surface area contributed by atoms with Crippen LogP contribution < -0.4 is 5.32 Å². The van der Waals surface area contributed by atoms with E-state index >= 15 is 0 Å². The minimum Gasteiger partial charge on any atom is -0.466 e. The quantitative estimate of drug-likeness (QED) is 0.507. The van der Waals surface area contributed by atoms with Crippen molar-refractivity contribution in [1.29, 1.82) is 0 Å². The first-order chi connectivity index (χ1) is 12.2. The minimum absolute atomic E-state index is 0.0419. The molecule has 1 aliphatic carbocycles. The van der Waals surface area contributed by atoms with Gasteiger partial charge in [-0.15, -0.1) is 0 Å². The Balaban J connectivity index is 1.43. The third-order valence-corrected chi connectivity index (χ3v) is 5.30. The number of aliphatic imine (C=N–C) groups is 1. The van der Waals surface area contributed by atoms with Crippen LogP contribution in [0.1, 0.15) is 37.7 Å². The topological polar surface area (TPSA) is 53.9 Å². The van der Waals surface area contributed by atoms with Crippen LogP contribution in [0.5, 0.6) is 0 Å². The van der Waals surface area contributed by atoms with Gasteiger partial charge in [-0.25, -0.2) is 0 Å². The molecule has 0 radical (unpaired) electrons. The fourth-order valence-electron chi connectivity index (χ4n) is 3.72. The highest BCUT2D eigenvalue weighted by Crippen LogP contribution is 2.46. The number of hydrogen-bond donors (Lipinski definition) is 1. The summed E-state index contributed by atoms with van der Waals surface area (Å²) >= 11 is 0. The van der Waals surface area contributed by atoms with E-state index in [-0.39, 0.29) is 11.9 Å². The lowest BCUT2D eigenvalue weighted by Crippen LogP contribution is -2.47. The second-order valence-corrected chi connectivity index (χ2v) is 6.95. The van der Waals surface area contributed by atoms with Gasteiger partial charge in [0, 0.05) is 26.7 Å². The zero-order chi connectivity index (χ0) is 17.6. The lowest BCUT2D eigenvalue weighted by molar-refractivity contribution is -0.149. The summed E-state index contributed by atoms with van der Waals surface area (Å²) in [6.07, 6.45) is 2.93. The van der Waals surface area contributed by atoms with Gasteiger partial charge in [-0.3, -0.25) is 9.79 Å². The molecule has 1 N–H and O–H groups in total. The molecule has 2 unspecified atom stereocenters. The summed E-state index contributed by atoms with van der Waals surface area (Å²) in [6.45, 7) is 5.00. The molecule has 0 aromatic heterocycles. The Hall–Kier alpha value is -2.04. The summed E-state index contributed by atoms with van der Waals surface area (Å²) in [5, 5.41) is 3.53. The molecular formula is C20H29N3O2. The molecule has 1 saturated heterocycles. The maximum atomic E-state index is 11.9. The third-order valence-electron chi connectivity index (χ3n) is 5.30. The molecular weight excluding hydrogens is 314 g/mol. The maximum absolute atomic E-state index is 11.9. The van der Waals surface area contributed by atoms with Crippen molar-refractivity contribution in [3.8, 4) is 0 Å². The first-order valence-corrected chi connectivity index (χ1v) is 9.40. The van der Waals surface area contributed by atoms with E-state index in [1.807, 2.05) is 14.0 Å². The number of ether oxygens (including phenoxy) is 1. The molecule has 2 aliphatic rings. The number of nitrogens with one attached hydrogen (secondary N) is 1. The number of benzene rings is 1.